The third kappa shape index (κ3) is 4.97. The molecule has 3 rings (SSSR count). The molecular weight excluding hydrogens is 424 g/mol. The van der Waals surface area contributed by atoms with Gasteiger partial charge in [0.05, 0.1) is 26.4 Å². The molecule has 7 nitrogen and oxygen atoms in total. The summed E-state index contributed by atoms with van der Waals surface area (Å²) in [6.07, 6.45) is 2.01. The Bertz CT molecular complexity index is 987. The second-order valence-electron chi connectivity index (χ2n) is 6.85. The molecule has 1 amide bonds. The third-order valence-electron chi connectivity index (χ3n) is 4.98. The van der Waals surface area contributed by atoms with Crippen LogP contribution in [0.2, 0.25) is 0 Å². The molecule has 1 N–H and O–H groups in total. The predicted molar refractivity (Wildman–Crippen MR) is 117 cm³/mol. The topological polar surface area (TPSA) is 84.9 Å². The average Bonchev–Trinajstić information content (AvgIpc) is 2.79. The first-order valence-corrected chi connectivity index (χ1v) is 12.2. The van der Waals surface area contributed by atoms with Crippen LogP contribution >= 0.6 is 11.8 Å². The zero-order valence-corrected chi connectivity index (χ0v) is 18.9. The Labute approximate surface area is 181 Å². The summed E-state index contributed by atoms with van der Waals surface area (Å²) in [5, 5.41) is 2.93. The molecule has 0 aliphatic carbocycles. The van der Waals surface area contributed by atoms with Crippen LogP contribution in [0.3, 0.4) is 0 Å². The molecule has 2 aromatic carbocycles. The monoisotopic (exact) mass is 450 g/mol. The van der Waals surface area contributed by atoms with Crippen LogP contribution in [0.5, 0.6) is 5.75 Å². The number of carbonyl (C=O) groups is 1. The lowest BCUT2D eigenvalue weighted by atomic mass is 10.1. The second kappa shape index (κ2) is 9.82. The maximum atomic E-state index is 13.1. The van der Waals surface area contributed by atoms with Gasteiger partial charge in [0.1, 0.15) is 10.6 Å². The molecule has 30 heavy (non-hydrogen) atoms. The van der Waals surface area contributed by atoms with Crippen molar-refractivity contribution in [1.29, 1.82) is 0 Å². The highest BCUT2D eigenvalue weighted by atomic mass is 32.2. The lowest BCUT2D eigenvalue weighted by Crippen LogP contribution is -2.40. The van der Waals surface area contributed by atoms with Crippen molar-refractivity contribution in [2.24, 2.45) is 0 Å². The van der Waals surface area contributed by atoms with Gasteiger partial charge in [0.15, 0.2) is 0 Å². The number of amides is 1. The molecule has 0 aromatic heterocycles. The second-order valence-corrected chi connectivity index (χ2v) is 9.64. The summed E-state index contributed by atoms with van der Waals surface area (Å²) in [4.78, 5) is 13.9. The van der Waals surface area contributed by atoms with Crippen LogP contribution in [0.25, 0.3) is 0 Å². The number of hydrogen-bond donors (Lipinski definition) is 1. The third-order valence-corrected chi connectivity index (χ3v) is 7.64. The van der Waals surface area contributed by atoms with E-state index < -0.39 is 10.0 Å². The standard InChI is InChI=1S/C21H26N2O5S2/c1-15(16-4-7-18(29-3)8-5-16)22-21(24)17-6-9-19(27-2)20(14-17)30(25,26)23-10-12-28-13-11-23/h4-9,14-15H,10-13H2,1-3H3,(H,22,24). The highest BCUT2D eigenvalue weighted by Crippen LogP contribution is 2.29. The first-order chi connectivity index (χ1) is 14.4. The Balaban J connectivity index is 1.83. The predicted octanol–water partition coefficient (Wildman–Crippen LogP) is 2.93. The minimum atomic E-state index is -3.80. The molecule has 1 aliphatic heterocycles. The van der Waals surface area contributed by atoms with Crippen molar-refractivity contribution in [3.05, 3.63) is 53.6 Å². The van der Waals surface area contributed by atoms with E-state index in [0.717, 1.165) is 10.5 Å². The van der Waals surface area contributed by atoms with Gasteiger partial charge in [-0.1, -0.05) is 12.1 Å². The number of benzene rings is 2. The number of sulfonamides is 1. The van der Waals surface area contributed by atoms with Crippen LogP contribution in [0, 0.1) is 0 Å². The quantitative estimate of drug-likeness (QED) is 0.653. The van der Waals surface area contributed by atoms with Crippen molar-refractivity contribution in [2.45, 2.75) is 22.8 Å². The van der Waals surface area contributed by atoms with E-state index in [-0.39, 0.29) is 41.2 Å². The summed E-state index contributed by atoms with van der Waals surface area (Å²) < 4.78 is 38.1. The van der Waals surface area contributed by atoms with E-state index in [0.29, 0.717) is 13.2 Å². The van der Waals surface area contributed by atoms with Gasteiger partial charge in [-0.05, 0) is 49.1 Å². The van der Waals surface area contributed by atoms with Crippen LogP contribution in [-0.4, -0.2) is 58.3 Å². The summed E-state index contributed by atoms with van der Waals surface area (Å²) in [6, 6.07) is 12.2. The van der Waals surface area contributed by atoms with Gasteiger partial charge < -0.3 is 14.8 Å². The van der Waals surface area contributed by atoms with Gasteiger partial charge in [0.25, 0.3) is 5.91 Å². The Kier molecular flexibility index (Phi) is 7.41. The van der Waals surface area contributed by atoms with Gasteiger partial charge in [-0.2, -0.15) is 4.31 Å². The molecule has 0 bridgehead atoms. The van der Waals surface area contributed by atoms with Crippen LogP contribution < -0.4 is 10.1 Å². The highest BCUT2D eigenvalue weighted by Gasteiger charge is 2.30. The lowest BCUT2D eigenvalue weighted by molar-refractivity contribution is 0.0729. The Morgan fingerprint density at radius 1 is 1.17 bits per heavy atom. The van der Waals surface area contributed by atoms with Crippen molar-refractivity contribution in [3.8, 4) is 5.75 Å². The largest absolute Gasteiger partial charge is 0.495 e. The number of nitrogens with zero attached hydrogens (tertiary/aromatic N) is 1. The first-order valence-electron chi connectivity index (χ1n) is 9.57. The SMILES string of the molecule is COc1ccc(C(=O)NC(C)c2ccc(SC)cc2)cc1S(=O)(=O)N1CCOCC1. The number of hydrogen-bond acceptors (Lipinski definition) is 6. The molecule has 1 aliphatic rings. The zero-order valence-electron chi connectivity index (χ0n) is 17.3. The van der Waals surface area contributed by atoms with E-state index >= 15 is 0 Å². The molecule has 2 aromatic rings. The summed E-state index contributed by atoms with van der Waals surface area (Å²) in [7, 11) is -2.39. The fourth-order valence-corrected chi connectivity index (χ4v) is 5.20. The molecule has 1 saturated heterocycles. The van der Waals surface area contributed by atoms with Gasteiger partial charge in [-0.3, -0.25) is 4.79 Å². The first kappa shape index (κ1) is 22.6. The van der Waals surface area contributed by atoms with Crippen molar-refractivity contribution >= 4 is 27.7 Å². The summed E-state index contributed by atoms with van der Waals surface area (Å²) >= 11 is 1.65. The normalized spacial score (nSPS) is 16.1. The lowest BCUT2D eigenvalue weighted by Gasteiger charge is -2.26. The molecule has 0 saturated carbocycles. The van der Waals surface area contributed by atoms with E-state index in [1.807, 2.05) is 37.4 Å². The molecule has 1 atom stereocenters. The summed E-state index contributed by atoms with van der Waals surface area (Å²) in [6.45, 7) is 3.11. The van der Waals surface area contributed by atoms with E-state index in [1.165, 1.54) is 23.5 Å². The minimum Gasteiger partial charge on any atom is -0.495 e. The van der Waals surface area contributed by atoms with Crippen molar-refractivity contribution < 1.29 is 22.7 Å². The van der Waals surface area contributed by atoms with Crippen molar-refractivity contribution in [3.63, 3.8) is 0 Å². The average molecular weight is 451 g/mol. The molecular formula is C21H26N2O5S2. The van der Waals surface area contributed by atoms with E-state index in [9.17, 15) is 13.2 Å². The summed E-state index contributed by atoms with van der Waals surface area (Å²) in [5.41, 5.74) is 1.23. The Morgan fingerprint density at radius 2 is 1.83 bits per heavy atom. The molecule has 0 spiro atoms. The van der Waals surface area contributed by atoms with Crippen molar-refractivity contribution in [1.82, 2.24) is 9.62 Å². The molecule has 1 heterocycles. The number of carbonyl (C=O) groups excluding carboxylic acids is 1. The fraction of sp³-hybridized carbons (Fsp3) is 0.381. The highest BCUT2D eigenvalue weighted by molar-refractivity contribution is 7.98. The van der Waals surface area contributed by atoms with Crippen LogP contribution in [0.1, 0.15) is 28.9 Å². The van der Waals surface area contributed by atoms with Crippen LogP contribution in [0.15, 0.2) is 52.3 Å². The van der Waals surface area contributed by atoms with E-state index in [1.54, 1.807) is 17.8 Å². The maximum Gasteiger partial charge on any atom is 0.251 e. The van der Waals surface area contributed by atoms with Crippen LogP contribution in [0.4, 0.5) is 0 Å². The summed E-state index contributed by atoms with van der Waals surface area (Å²) in [5.74, 6) is -0.142. The smallest absolute Gasteiger partial charge is 0.251 e. The Morgan fingerprint density at radius 3 is 2.43 bits per heavy atom. The van der Waals surface area contributed by atoms with Crippen LogP contribution in [-0.2, 0) is 14.8 Å². The molecule has 1 unspecified atom stereocenters. The molecule has 1 fully saturated rings. The number of thioether (sulfide) groups is 1. The van der Waals surface area contributed by atoms with Gasteiger partial charge in [0.2, 0.25) is 10.0 Å². The number of nitrogens with one attached hydrogen (secondary N) is 1. The fourth-order valence-electron chi connectivity index (χ4n) is 3.20. The van der Waals surface area contributed by atoms with E-state index in [2.05, 4.69) is 5.32 Å². The van der Waals surface area contributed by atoms with Gasteiger partial charge in [0, 0.05) is 23.5 Å². The molecule has 162 valence electrons. The van der Waals surface area contributed by atoms with Crippen molar-refractivity contribution in [2.75, 3.05) is 39.7 Å². The zero-order chi connectivity index (χ0) is 21.7. The Hall–Kier alpha value is -2.07. The number of rotatable bonds is 7. The molecule has 0 radical (unpaired) electrons. The van der Waals surface area contributed by atoms with E-state index in [4.69, 9.17) is 9.47 Å². The van der Waals surface area contributed by atoms with Gasteiger partial charge in [-0.15, -0.1) is 11.8 Å². The van der Waals surface area contributed by atoms with Gasteiger partial charge >= 0.3 is 0 Å². The number of methoxy groups -OCH3 is 1. The molecule has 9 heteroatoms. The maximum absolute atomic E-state index is 13.1. The number of ether oxygens (including phenoxy) is 2. The number of morpholine rings is 1. The minimum absolute atomic E-state index is 0.0171. The van der Waals surface area contributed by atoms with Gasteiger partial charge in [-0.25, -0.2) is 8.42 Å².